The number of nitrogens with zero attached hydrogens (tertiary/aromatic N) is 1. The molecule has 0 aliphatic carbocycles. The smallest absolute Gasteiger partial charge is 0.291 e. The van der Waals surface area contributed by atoms with E-state index in [1.807, 2.05) is 37.3 Å². The molecule has 0 spiro atoms. The molecule has 2 N–H and O–H groups in total. The minimum Gasteiger partial charge on any atom is -0.494 e. The number of thioether (sulfide) groups is 1. The molecule has 4 aromatic rings. The van der Waals surface area contributed by atoms with Gasteiger partial charge < -0.3 is 19.8 Å². The highest BCUT2D eigenvalue weighted by Gasteiger charge is 2.11. The number of benzene rings is 2. The Morgan fingerprint density at radius 1 is 1.13 bits per heavy atom. The third kappa shape index (κ3) is 5.44. The van der Waals surface area contributed by atoms with E-state index in [-0.39, 0.29) is 23.3 Å². The predicted molar refractivity (Wildman–Crippen MR) is 123 cm³/mol. The number of nitrogens with one attached hydrogen (secondary N) is 2. The summed E-state index contributed by atoms with van der Waals surface area (Å²) in [6.45, 7) is 2.53. The number of hydrogen-bond donors (Lipinski definition) is 2. The maximum Gasteiger partial charge on any atom is 0.291 e. The normalized spacial score (nSPS) is 10.7. The molecule has 0 aliphatic heterocycles. The van der Waals surface area contributed by atoms with Crippen LogP contribution >= 0.6 is 23.1 Å². The number of anilines is 2. The second-order valence-electron chi connectivity index (χ2n) is 6.37. The minimum absolute atomic E-state index is 0.135. The monoisotopic (exact) mass is 453 g/mol. The molecule has 0 saturated heterocycles. The Kier molecular flexibility index (Phi) is 6.54. The lowest BCUT2D eigenvalue weighted by Gasteiger charge is -2.05. The molecule has 2 aromatic carbocycles. The van der Waals surface area contributed by atoms with E-state index in [4.69, 9.17) is 9.15 Å². The van der Waals surface area contributed by atoms with Crippen molar-refractivity contribution >= 4 is 55.9 Å². The van der Waals surface area contributed by atoms with Crippen molar-refractivity contribution in [3.63, 3.8) is 0 Å². The molecule has 7 nitrogen and oxygen atoms in total. The average Bonchev–Trinajstić information content (AvgIpc) is 3.43. The summed E-state index contributed by atoms with van der Waals surface area (Å²) in [5.41, 5.74) is 1.47. The zero-order valence-electron chi connectivity index (χ0n) is 16.6. The van der Waals surface area contributed by atoms with E-state index in [0.717, 1.165) is 20.9 Å². The number of rotatable bonds is 8. The zero-order chi connectivity index (χ0) is 21.6. The number of furan rings is 1. The summed E-state index contributed by atoms with van der Waals surface area (Å²) in [6.07, 6.45) is 1.45. The summed E-state index contributed by atoms with van der Waals surface area (Å²) in [5, 5.41) is 6.16. The lowest BCUT2D eigenvalue weighted by molar-refractivity contribution is -0.113. The van der Waals surface area contributed by atoms with Crippen molar-refractivity contribution in [1.82, 2.24) is 4.98 Å². The maximum absolute atomic E-state index is 12.3. The highest BCUT2D eigenvalue weighted by molar-refractivity contribution is 8.00. The Balaban J connectivity index is 1.29. The first-order chi connectivity index (χ1) is 15.1. The number of carbonyl (C=O) groups excluding carboxylic acids is 2. The number of aromatic nitrogens is 1. The molecule has 0 atom stereocenters. The van der Waals surface area contributed by atoms with Crippen molar-refractivity contribution in [2.24, 2.45) is 0 Å². The predicted octanol–water partition coefficient (Wildman–Crippen LogP) is 5.27. The average molecular weight is 454 g/mol. The second-order valence-corrected chi connectivity index (χ2v) is 8.45. The third-order valence-corrected chi connectivity index (χ3v) is 6.09. The summed E-state index contributed by atoms with van der Waals surface area (Å²) in [7, 11) is 0. The van der Waals surface area contributed by atoms with E-state index in [2.05, 4.69) is 15.6 Å². The van der Waals surface area contributed by atoms with Crippen LogP contribution in [0.15, 0.2) is 70.2 Å². The number of ether oxygens (including phenoxy) is 1. The highest BCUT2D eigenvalue weighted by Crippen LogP contribution is 2.29. The van der Waals surface area contributed by atoms with Crippen molar-refractivity contribution in [3.8, 4) is 5.75 Å². The summed E-state index contributed by atoms with van der Waals surface area (Å²) >= 11 is 2.82. The first kappa shape index (κ1) is 21.0. The van der Waals surface area contributed by atoms with E-state index < -0.39 is 0 Å². The van der Waals surface area contributed by atoms with Crippen LogP contribution in [0.2, 0.25) is 0 Å². The van der Waals surface area contributed by atoms with Gasteiger partial charge in [0.05, 0.1) is 28.8 Å². The van der Waals surface area contributed by atoms with Crippen LogP contribution in [0.5, 0.6) is 5.75 Å². The second kappa shape index (κ2) is 9.67. The van der Waals surface area contributed by atoms with Crippen LogP contribution in [0.3, 0.4) is 0 Å². The largest absolute Gasteiger partial charge is 0.494 e. The van der Waals surface area contributed by atoms with Crippen LogP contribution < -0.4 is 15.4 Å². The van der Waals surface area contributed by atoms with Crippen LogP contribution in [0.4, 0.5) is 10.8 Å². The molecule has 0 bridgehead atoms. The molecule has 2 aromatic heterocycles. The van der Waals surface area contributed by atoms with Gasteiger partial charge in [-0.2, -0.15) is 0 Å². The number of carbonyl (C=O) groups is 2. The SMILES string of the molecule is CCOc1ccc2nc(NC(=O)CSc3ccc(NC(=O)c4ccco4)cc3)sc2c1. The van der Waals surface area contributed by atoms with E-state index in [9.17, 15) is 9.59 Å². The van der Waals surface area contributed by atoms with Crippen LogP contribution in [0.1, 0.15) is 17.5 Å². The first-order valence-corrected chi connectivity index (χ1v) is 11.3. The number of hydrogen-bond acceptors (Lipinski definition) is 7. The fraction of sp³-hybridized carbons (Fsp3) is 0.136. The number of fused-ring (bicyclic) bond motifs is 1. The number of thiazole rings is 1. The molecule has 9 heteroatoms. The van der Waals surface area contributed by atoms with Gasteiger partial charge in [-0.25, -0.2) is 4.98 Å². The van der Waals surface area contributed by atoms with Crippen LogP contribution in [0, 0.1) is 0 Å². The van der Waals surface area contributed by atoms with Crippen LogP contribution in [-0.4, -0.2) is 29.2 Å². The molecule has 0 fully saturated rings. The minimum atomic E-state index is -0.311. The third-order valence-electron chi connectivity index (χ3n) is 4.14. The molecule has 0 saturated carbocycles. The highest BCUT2D eigenvalue weighted by atomic mass is 32.2. The summed E-state index contributed by atoms with van der Waals surface area (Å²) in [6, 6.07) is 16.2. The van der Waals surface area contributed by atoms with Gasteiger partial charge in [0.15, 0.2) is 10.9 Å². The fourth-order valence-electron chi connectivity index (χ4n) is 2.75. The first-order valence-electron chi connectivity index (χ1n) is 9.51. The number of amides is 2. The zero-order valence-corrected chi connectivity index (χ0v) is 18.2. The summed E-state index contributed by atoms with van der Waals surface area (Å²) < 4.78 is 11.5. The van der Waals surface area contributed by atoms with Crippen molar-refractivity contribution in [2.45, 2.75) is 11.8 Å². The maximum atomic E-state index is 12.3. The molecule has 2 heterocycles. The standard InChI is InChI=1S/C22H19N3O4S2/c1-2-28-15-7-10-17-19(12-15)31-22(24-17)25-20(26)13-30-16-8-5-14(6-9-16)23-21(27)18-4-3-11-29-18/h3-12H,2,13H2,1H3,(H,23,27)(H,24,25,26). The molecule has 0 radical (unpaired) electrons. The van der Waals surface area contributed by atoms with Crippen molar-refractivity contribution in [1.29, 1.82) is 0 Å². The van der Waals surface area contributed by atoms with E-state index in [0.29, 0.717) is 17.4 Å². The van der Waals surface area contributed by atoms with Gasteiger partial charge in [0.1, 0.15) is 5.75 Å². The Hall–Kier alpha value is -3.30. The van der Waals surface area contributed by atoms with Crippen molar-refractivity contribution in [3.05, 3.63) is 66.6 Å². The Bertz CT molecular complexity index is 1190. The van der Waals surface area contributed by atoms with E-state index in [1.165, 1.54) is 29.4 Å². The Morgan fingerprint density at radius 2 is 1.97 bits per heavy atom. The van der Waals surface area contributed by atoms with E-state index >= 15 is 0 Å². The van der Waals surface area contributed by atoms with Gasteiger partial charge in [0.2, 0.25) is 5.91 Å². The Morgan fingerprint density at radius 3 is 2.71 bits per heavy atom. The van der Waals surface area contributed by atoms with Gasteiger partial charge in [-0.15, -0.1) is 11.8 Å². The van der Waals surface area contributed by atoms with Gasteiger partial charge in [-0.3, -0.25) is 9.59 Å². The van der Waals surface area contributed by atoms with E-state index in [1.54, 1.807) is 24.3 Å². The molecule has 158 valence electrons. The lowest BCUT2D eigenvalue weighted by atomic mass is 10.3. The quantitative estimate of drug-likeness (QED) is 0.353. The van der Waals surface area contributed by atoms with Crippen molar-refractivity contribution < 1.29 is 18.7 Å². The fourth-order valence-corrected chi connectivity index (χ4v) is 4.36. The van der Waals surface area contributed by atoms with Gasteiger partial charge in [-0.1, -0.05) is 11.3 Å². The van der Waals surface area contributed by atoms with Gasteiger partial charge in [-0.05, 0) is 61.5 Å². The lowest BCUT2D eigenvalue weighted by Crippen LogP contribution is -2.13. The topological polar surface area (TPSA) is 93.5 Å². The molecule has 0 unspecified atom stereocenters. The van der Waals surface area contributed by atoms with Gasteiger partial charge >= 0.3 is 0 Å². The van der Waals surface area contributed by atoms with Crippen LogP contribution in [0.25, 0.3) is 10.2 Å². The molecule has 0 aliphatic rings. The summed E-state index contributed by atoms with van der Waals surface area (Å²) in [5.74, 6) is 0.839. The van der Waals surface area contributed by atoms with Gasteiger partial charge in [0.25, 0.3) is 5.91 Å². The van der Waals surface area contributed by atoms with Crippen molar-refractivity contribution in [2.75, 3.05) is 23.0 Å². The van der Waals surface area contributed by atoms with Gasteiger partial charge in [0, 0.05) is 10.6 Å². The molecule has 4 rings (SSSR count). The molecular formula is C22H19N3O4S2. The van der Waals surface area contributed by atoms with Crippen LogP contribution in [-0.2, 0) is 4.79 Å². The molecular weight excluding hydrogens is 434 g/mol. The molecule has 31 heavy (non-hydrogen) atoms. The molecule has 2 amide bonds. The summed E-state index contributed by atoms with van der Waals surface area (Å²) in [4.78, 5) is 29.7. The Labute approximate surface area is 186 Å².